The van der Waals surface area contributed by atoms with Crippen molar-refractivity contribution in [2.75, 3.05) is 5.32 Å². The average Bonchev–Trinajstić information content (AvgIpc) is 3.20. The zero-order valence-corrected chi connectivity index (χ0v) is 13.2. The van der Waals surface area contributed by atoms with Gasteiger partial charge in [0, 0.05) is 12.0 Å². The summed E-state index contributed by atoms with van der Waals surface area (Å²) in [6.45, 7) is 1.80. The standard InChI is InChI=1S/C19H16N2O3/c1-12-17(18(24-21-12)13-7-3-2-4-8-13)20-19(22)16-11-14-9-5-6-10-15(14)23-16/h2-10,16H,11H2,1H3,(H,20,22)/t16-/m0/s1. The molecule has 1 aliphatic heterocycles. The van der Waals surface area contributed by atoms with Crippen molar-refractivity contribution in [1.29, 1.82) is 0 Å². The monoisotopic (exact) mass is 320 g/mol. The van der Waals surface area contributed by atoms with Crippen LogP contribution in [0.25, 0.3) is 11.3 Å². The van der Waals surface area contributed by atoms with Crippen LogP contribution >= 0.6 is 0 Å². The largest absolute Gasteiger partial charge is 0.480 e. The van der Waals surface area contributed by atoms with Gasteiger partial charge in [0.2, 0.25) is 0 Å². The SMILES string of the molecule is Cc1noc(-c2ccccc2)c1NC(=O)[C@@H]1Cc2ccccc2O1. The first-order valence-corrected chi connectivity index (χ1v) is 7.79. The fraction of sp³-hybridized carbons (Fsp3) is 0.158. The van der Waals surface area contributed by atoms with Gasteiger partial charge in [-0.25, -0.2) is 0 Å². The average molecular weight is 320 g/mol. The van der Waals surface area contributed by atoms with Gasteiger partial charge in [-0.05, 0) is 18.6 Å². The van der Waals surface area contributed by atoms with E-state index in [0.29, 0.717) is 23.6 Å². The van der Waals surface area contributed by atoms with Crippen LogP contribution in [0.15, 0.2) is 59.1 Å². The summed E-state index contributed by atoms with van der Waals surface area (Å²) in [5, 5.41) is 6.90. The van der Waals surface area contributed by atoms with E-state index in [9.17, 15) is 4.79 Å². The molecule has 0 bridgehead atoms. The molecule has 1 N–H and O–H groups in total. The molecule has 0 radical (unpaired) electrons. The number of aromatic nitrogens is 1. The van der Waals surface area contributed by atoms with Crippen LogP contribution in [0.1, 0.15) is 11.3 Å². The van der Waals surface area contributed by atoms with Gasteiger partial charge in [-0.2, -0.15) is 0 Å². The van der Waals surface area contributed by atoms with E-state index in [0.717, 1.165) is 16.9 Å². The fourth-order valence-corrected chi connectivity index (χ4v) is 2.84. The zero-order chi connectivity index (χ0) is 16.5. The van der Waals surface area contributed by atoms with Gasteiger partial charge in [-0.3, -0.25) is 4.79 Å². The molecule has 0 spiro atoms. The van der Waals surface area contributed by atoms with Crippen molar-refractivity contribution < 1.29 is 14.1 Å². The van der Waals surface area contributed by atoms with Crippen molar-refractivity contribution in [2.45, 2.75) is 19.4 Å². The topological polar surface area (TPSA) is 64.4 Å². The van der Waals surface area contributed by atoms with E-state index >= 15 is 0 Å². The Morgan fingerprint density at radius 1 is 1.12 bits per heavy atom. The number of para-hydroxylation sites is 1. The first kappa shape index (κ1) is 14.5. The van der Waals surface area contributed by atoms with Gasteiger partial charge in [0.15, 0.2) is 11.9 Å². The lowest BCUT2D eigenvalue weighted by Crippen LogP contribution is -2.31. The van der Waals surface area contributed by atoms with Crippen molar-refractivity contribution in [2.24, 2.45) is 0 Å². The molecule has 120 valence electrons. The Hall–Kier alpha value is -3.08. The van der Waals surface area contributed by atoms with Crippen LogP contribution in [0.3, 0.4) is 0 Å². The number of carbonyl (C=O) groups is 1. The lowest BCUT2D eigenvalue weighted by Gasteiger charge is -2.11. The molecule has 4 rings (SSSR count). The number of fused-ring (bicyclic) bond motifs is 1. The van der Waals surface area contributed by atoms with E-state index in [2.05, 4.69) is 10.5 Å². The third-order valence-electron chi connectivity index (χ3n) is 4.09. The van der Waals surface area contributed by atoms with Gasteiger partial charge < -0.3 is 14.6 Å². The highest BCUT2D eigenvalue weighted by molar-refractivity contribution is 5.98. The Morgan fingerprint density at radius 3 is 2.67 bits per heavy atom. The predicted octanol–water partition coefficient (Wildman–Crippen LogP) is 3.59. The summed E-state index contributed by atoms with van der Waals surface area (Å²) in [6, 6.07) is 17.3. The summed E-state index contributed by atoms with van der Waals surface area (Å²) in [7, 11) is 0. The molecule has 2 heterocycles. The molecule has 24 heavy (non-hydrogen) atoms. The Kier molecular flexibility index (Phi) is 3.54. The lowest BCUT2D eigenvalue weighted by atomic mass is 10.1. The van der Waals surface area contributed by atoms with Crippen LogP contribution < -0.4 is 10.1 Å². The van der Waals surface area contributed by atoms with Gasteiger partial charge in [0.1, 0.15) is 17.1 Å². The molecule has 5 nitrogen and oxygen atoms in total. The number of hydrogen-bond donors (Lipinski definition) is 1. The number of nitrogens with zero attached hydrogens (tertiary/aromatic N) is 1. The summed E-state index contributed by atoms with van der Waals surface area (Å²) >= 11 is 0. The molecule has 0 saturated heterocycles. The number of hydrogen-bond acceptors (Lipinski definition) is 4. The Labute approximate surface area is 139 Å². The molecule has 3 aromatic rings. The molecular formula is C19H16N2O3. The minimum absolute atomic E-state index is 0.199. The van der Waals surface area contributed by atoms with E-state index in [4.69, 9.17) is 9.26 Å². The highest BCUT2D eigenvalue weighted by atomic mass is 16.5. The van der Waals surface area contributed by atoms with E-state index in [-0.39, 0.29) is 5.91 Å². The van der Waals surface area contributed by atoms with E-state index < -0.39 is 6.10 Å². The number of ether oxygens (including phenoxy) is 1. The van der Waals surface area contributed by atoms with Crippen molar-refractivity contribution in [3.05, 3.63) is 65.9 Å². The van der Waals surface area contributed by atoms with Crippen molar-refractivity contribution >= 4 is 11.6 Å². The molecule has 1 amide bonds. The van der Waals surface area contributed by atoms with E-state index in [1.54, 1.807) is 6.92 Å². The van der Waals surface area contributed by atoms with E-state index in [1.807, 2.05) is 54.6 Å². The number of nitrogens with one attached hydrogen (secondary N) is 1. The highest BCUT2D eigenvalue weighted by Crippen LogP contribution is 2.32. The third kappa shape index (κ3) is 2.54. The van der Waals surface area contributed by atoms with E-state index in [1.165, 1.54) is 0 Å². The van der Waals surface area contributed by atoms with Gasteiger partial charge in [-0.1, -0.05) is 53.7 Å². The van der Waals surface area contributed by atoms with Gasteiger partial charge in [-0.15, -0.1) is 0 Å². The smallest absolute Gasteiger partial charge is 0.265 e. The fourth-order valence-electron chi connectivity index (χ4n) is 2.84. The number of anilines is 1. The Bertz CT molecular complexity index is 862. The molecule has 0 saturated carbocycles. The summed E-state index contributed by atoms with van der Waals surface area (Å²) in [5.74, 6) is 1.12. The number of benzene rings is 2. The Balaban J connectivity index is 1.57. The van der Waals surface area contributed by atoms with Crippen molar-refractivity contribution in [1.82, 2.24) is 5.16 Å². The zero-order valence-electron chi connectivity index (χ0n) is 13.2. The predicted molar refractivity (Wildman–Crippen MR) is 89.9 cm³/mol. The van der Waals surface area contributed by atoms with Crippen molar-refractivity contribution in [3.63, 3.8) is 0 Å². The summed E-state index contributed by atoms with van der Waals surface area (Å²) in [4.78, 5) is 12.6. The maximum Gasteiger partial charge on any atom is 0.265 e. The van der Waals surface area contributed by atoms with Crippen LogP contribution in [0, 0.1) is 6.92 Å². The highest BCUT2D eigenvalue weighted by Gasteiger charge is 2.30. The maximum absolute atomic E-state index is 12.6. The summed E-state index contributed by atoms with van der Waals surface area (Å²) in [5.41, 5.74) is 3.13. The Morgan fingerprint density at radius 2 is 1.88 bits per heavy atom. The number of rotatable bonds is 3. The molecule has 5 heteroatoms. The van der Waals surface area contributed by atoms with Crippen LogP contribution in [0.2, 0.25) is 0 Å². The first-order chi connectivity index (χ1) is 11.7. The van der Waals surface area contributed by atoms with Gasteiger partial charge >= 0.3 is 0 Å². The number of amides is 1. The van der Waals surface area contributed by atoms with Crippen LogP contribution in [-0.2, 0) is 11.2 Å². The van der Waals surface area contributed by atoms with Crippen molar-refractivity contribution in [3.8, 4) is 17.1 Å². The molecule has 1 aliphatic rings. The molecular weight excluding hydrogens is 304 g/mol. The number of carbonyl (C=O) groups excluding carboxylic acids is 1. The lowest BCUT2D eigenvalue weighted by molar-refractivity contribution is -0.122. The molecule has 0 unspecified atom stereocenters. The summed E-state index contributed by atoms with van der Waals surface area (Å²) in [6.07, 6.45) is 0.0211. The quantitative estimate of drug-likeness (QED) is 0.801. The molecule has 0 fully saturated rings. The maximum atomic E-state index is 12.6. The molecule has 2 aromatic carbocycles. The van der Waals surface area contributed by atoms with Gasteiger partial charge in [0.25, 0.3) is 5.91 Å². The second kappa shape index (κ2) is 5.85. The normalized spacial score (nSPS) is 15.6. The van der Waals surface area contributed by atoms with Crippen LogP contribution in [-0.4, -0.2) is 17.2 Å². The molecule has 1 atom stereocenters. The van der Waals surface area contributed by atoms with Crippen LogP contribution in [0.4, 0.5) is 5.69 Å². The third-order valence-corrected chi connectivity index (χ3v) is 4.09. The minimum Gasteiger partial charge on any atom is -0.480 e. The second-order valence-corrected chi connectivity index (χ2v) is 5.75. The molecule has 1 aromatic heterocycles. The minimum atomic E-state index is -0.541. The van der Waals surface area contributed by atoms with Gasteiger partial charge in [0.05, 0.1) is 0 Å². The summed E-state index contributed by atoms with van der Waals surface area (Å²) < 4.78 is 11.1. The van der Waals surface area contributed by atoms with Crippen LogP contribution in [0.5, 0.6) is 5.75 Å². The second-order valence-electron chi connectivity index (χ2n) is 5.75. The first-order valence-electron chi connectivity index (χ1n) is 7.79. The molecule has 0 aliphatic carbocycles. The number of aryl methyl sites for hydroxylation is 1.